The summed E-state index contributed by atoms with van der Waals surface area (Å²) in [6.45, 7) is 0.758. The van der Waals surface area contributed by atoms with Gasteiger partial charge in [0, 0.05) is 6.54 Å². The molecule has 1 aliphatic heterocycles. The Balaban J connectivity index is 2.22. The lowest BCUT2D eigenvalue weighted by Gasteiger charge is -2.17. The molecule has 0 saturated carbocycles. The lowest BCUT2D eigenvalue weighted by molar-refractivity contribution is 0.0690. The molecule has 1 aromatic rings. The van der Waals surface area contributed by atoms with Gasteiger partial charge < -0.3 is 14.4 Å². The Hall–Kier alpha value is -1.96. The minimum Gasteiger partial charge on any atom is -0.476 e. The number of hydrogen-bond acceptors (Lipinski definition) is 4. The van der Waals surface area contributed by atoms with E-state index in [1.54, 1.807) is 0 Å². The van der Waals surface area contributed by atoms with E-state index in [0.717, 1.165) is 25.6 Å². The van der Waals surface area contributed by atoms with Crippen molar-refractivity contribution in [3.05, 3.63) is 12.0 Å². The van der Waals surface area contributed by atoms with Gasteiger partial charge in [-0.1, -0.05) is 5.92 Å². The van der Waals surface area contributed by atoms with Gasteiger partial charge in [0.2, 0.25) is 0 Å². The van der Waals surface area contributed by atoms with E-state index in [0.29, 0.717) is 6.01 Å². The number of anilines is 1. The van der Waals surface area contributed by atoms with Gasteiger partial charge in [-0.05, 0) is 12.8 Å². The predicted octanol–water partition coefficient (Wildman–Crippen LogP) is 0.975. The van der Waals surface area contributed by atoms with Gasteiger partial charge in [-0.25, -0.2) is 4.79 Å². The first-order chi connectivity index (χ1) is 7.22. The van der Waals surface area contributed by atoms with Crippen molar-refractivity contribution in [1.29, 1.82) is 0 Å². The average molecular weight is 206 g/mol. The van der Waals surface area contributed by atoms with Gasteiger partial charge in [-0.3, -0.25) is 0 Å². The highest BCUT2D eigenvalue weighted by molar-refractivity contribution is 5.85. The molecule has 0 amide bonds. The monoisotopic (exact) mass is 206 g/mol. The molecule has 2 heterocycles. The van der Waals surface area contributed by atoms with Crippen molar-refractivity contribution in [3.63, 3.8) is 0 Å². The second-order valence-corrected chi connectivity index (χ2v) is 3.34. The van der Waals surface area contributed by atoms with Crippen LogP contribution in [0.25, 0.3) is 0 Å². The van der Waals surface area contributed by atoms with Crippen molar-refractivity contribution in [3.8, 4) is 12.3 Å². The van der Waals surface area contributed by atoms with Crippen molar-refractivity contribution in [2.45, 2.75) is 18.9 Å². The van der Waals surface area contributed by atoms with E-state index >= 15 is 0 Å². The van der Waals surface area contributed by atoms with Crippen LogP contribution in [0.4, 0.5) is 6.01 Å². The summed E-state index contributed by atoms with van der Waals surface area (Å²) in [6, 6.07) is 0.262. The Bertz CT molecular complexity index is 419. The summed E-state index contributed by atoms with van der Waals surface area (Å²) in [5.41, 5.74) is -0.0901. The highest BCUT2D eigenvalue weighted by Gasteiger charge is 2.27. The molecule has 0 bridgehead atoms. The Morgan fingerprint density at radius 2 is 2.60 bits per heavy atom. The zero-order valence-electron chi connectivity index (χ0n) is 8.01. The SMILES string of the molecule is C#CC1CCCN1c1nc(C(=O)O)co1. The number of hydrogen-bond donors (Lipinski definition) is 1. The number of nitrogens with zero attached hydrogens (tertiary/aromatic N) is 2. The smallest absolute Gasteiger partial charge is 0.357 e. The Kier molecular flexibility index (Phi) is 2.34. The van der Waals surface area contributed by atoms with Crippen LogP contribution in [0.15, 0.2) is 10.7 Å². The number of carboxylic acids is 1. The van der Waals surface area contributed by atoms with Crippen molar-refractivity contribution in [1.82, 2.24) is 4.98 Å². The molecule has 1 saturated heterocycles. The highest BCUT2D eigenvalue weighted by Crippen LogP contribution is 2.24. The Morgan fingerprint density at radius 3 is 3.20 bits per heavy atom. The van der Waals surface area contributed by atoms with E-state index in [2.05, 4.69) is 10.9 Å². The first-order valence-electron chi connectivity index (χ1n) is 4.64. The zero-order valence-corrected chi connectivity index (χ0v) is 8.01. The molecule has 5 nitrogen and oxygen atoms in total. The summed E-state index contributed by atoms with van der Waals surface area (Å²) in [5, 5.41) is 8.68. The van der Waals surface area contributed by atoms with Crippen LogP contribution in [0.3, 0.4) is 0 Å². The molecule has 0 aromatic carbocycles. The third-order valence-electron chi connectivity index (χ3n) is 2.40. The van der Waals surface area contributed by atoms with Crippen LogP contribution in [0.1, 0.15) is 23.3 Å². The second kappa shape index (κ2) is 3.65. The molecule has 1 aromatic heterocycles. The van der Waals surface area contributed by atoms with Gasteiger partial charge in [0.15, 0.2) is 5.69 Å². The second-order valence-electron chi connectivity index (χ2n) is 3.34. The minimum absolute atomic E-state index is 0.0368. The van der Waals surface area contributed by atoms with E-state index in [1.165, 1.54) is 0 Å². The molecule has 78 valence electrons. The fourth-order valence-corrected chi connectivity index (χ4v) is 1.66. The topological polar surface area (TPSA) is 66.6 Å². The van der Waals surface area contributed by atoms with Crippen molar-refractivity contribution >= 4 is 12.0 Å². The molecular weight excluding hydrogens is 196 g/mol. The van der Waals surface area contributed by atoms with Crippen LogP contribution in [-0.4, -0.2) is 28.6 Å². The van der Waals surface area contributed by atoms with Crippen LogP contribution < -0.4 is 4.90 Å². The summed E-state index contributed by atoms with van der Waals surface area (Å²) in [4.78, 5) is 16.3. The van der Waals surface area contributed by atoms with Crippen molar-refractivity contribution in [2.24, 2.45) is 0 Å². The van der Waals surface area contributed by atoms with Crippen molar-refractivity contribution in [2.75, 3.05) is 11.4 Å². The van der Waals surface area contributed by atoms with E-state index in [9.17, 15) is 4.79 Å². The lowest BCUT2D eigenvalue weighted by Crippen LogP contribution is -2.27. The maximum absolute atomic E-state index is 10.6. The van der Waals surface area contributed by atoms with E-state index < -0.39 is 5.97 Å². The molecule has 0 aliphatic carbocycles. The van der Waals surface area contributed by atoms with Gasteiger partial charge in [-0.15, -0.1) is 6.42 Å². The molecule has 2 rings (SSSR count). The molecule has 1 unspecified atom stereocenters. The zero-order chi connectivity index (χ0) is 10.8. The molecule has 1 fully saturated rings. The minimum atomic E-state index is -1.10. The van der Waals surface area contributed by atoms with Gasteiger partial charge in [0.1, 0.15) is 6.26 Å². The number of oxazole rings is 1. The van der Waals surface area contributed by atoms with E-state index in [4.69, 9.17) is 15.9 Å². The Labute approximate surface area is 86.7 Å². The molecule has 1 aliphatic rings. The van der Waals surface area contributed by atoms with Gasteiger partial charge in [0.05, 0.1) is 6.04 Å². The van der Waals surface area contributed by atoms with Crippen molar-refractivity contribution < 1.29 is 14.3 Å². The fraction of sp³-hybridized carbons (Fsp3) is 0.400. The lowest BCUT2D eigenvalue weighted by atomic mass is 10.2. The maximum atomic E-state index is 10.6. The number of rotatable bonds is 2. The first kappa shape index (κ1) is 9.59. The number of carboxylic acid groups (broad SMARTS) is 1. The summed E-state index contributed by atoms with van der Waals surface area (Å²) in [5.74, 6) is 1.53. The molecule has 0 radical (unpaired) electrons. The summed E-state index contributed by atoms with van der Waals surface area (Å²) in [6.07, 6.45) is 8.34. The molecule has 1 atom stereocenters. The van der Waals surface area contributed by atoms with Gasteiger partial charge in [0.25, 0.3) is 6.01 Å². The largest absolute Gasteiger partial charge is 0.476 e. The van der Waals surface area contributed by atoms with Gasteiger partial charge >= 0.3 is 5.97 Å². The number of aromatic nitrogens is 1. The van der Waals surface area contributed by atoms with Crippen LogP contribution in [0, 0.1) is 12.3 Å². The van der Waals surface area contributed by atoms with Crippen LogP contribution in [0.2, 0.25) is 0 Å². The quantitative estimate of drug-likeness (QED) is 0.730. The third kappa shape index (κ3) is 1.66. The van der Waals surface area contributed by atoms with E-state index in [1.807, 2.05) is 4.90 Å². The summed E-state index contributed by atoms with van der Waals surface area (Å²) >= 11 is 0. The molecule has 0 spiro atoms. The number of terminal acetylenes is 1. The average Bonchev–Trinajstić information content (AvgIpc) is 2.85. The molecular formula is C10H10N2O3. The van der Waals surface area contributed by atoms with Crippen LogP contribution >= 0.6 is 0 Å². The predicted molar refractivity (Wildman–Crippen MR) is 52.7 cm³/mol. The fourth-order valence-electron chi connectivity index (χ4n) is 1.66. The van der Waals surface area contributed by atoms with Gasteiger partial charge in [-0.2, -0.15) is 4.98 Å². The number of aromatic carboxylic acids is 1. The molecule has 15 heavy (non-hydrogen) atoms. The molecule has 5 heteroatoms. The normalized spacial score (nSPS) is 20.2. The van der Waals surface area contributed by atoms with Crippen LogP contribution in [0.5, 0.6) is 0 Å². The summed E-state index contributed by atoms with van der Waals surface area (Å²) < 4.78 is 5.08. The standard InChI is InChI=1S/C10H10N2O3/c1-2-7-4-3-5-12(7)10-11-8(6-15-10)9(13)14/h1,6-7H,3-5H2,(H,13,14). The number of carbonyl (C=O) groups is 1. The van der Waals surface area contributed by atoms with E-state index in [-0.39, 0.29) is 11.7 Å². The maximum Gasteiger partial charge on any atom is 0.357 e. The summed E-state index contributed by atoms with van der Waals surface area (Å²) in [7, 11) is 0. The third-order valence-corrected chi connectivity index (χ3v) is 2.40. The van der Waals surface area contributed by atoms with Crippen LogP contribution in [-0.2, 0) is 0 Å². The highest BCUT2D eigenvalue weighted by atomic mass is 16.4. The Morgan fingerprint density at radius 1 is 1.80 bits per heavy atom. The molecule has 1 N–H and O–H groups in total. The first-order valence-corrected chi connectivity index (χ1v) is 4.64.